The van der Waals surface area contributed by atoms with Crippen molar-refractivity contribution in [3.63, 3.8) is 0 Å². The Morgan fingerprint density at radius 3 is 2.83 bits per heavy atom. The fraction of sp³-hybridized carbons (Fsp3) is 0.600. The minimum Gasteiger partial charge on any atom is -0.268 e. The van der Waals surface area contributed by atoms with Crippen LogP contribution in [0.15, 0.2) is 6.08 Å². The Balaban J connectivity index is 2.26. The van der Waals surface area contributed by atoms with Crippen molar-refractivity contribution in [2.45, 2.75) is 12.8 Å². The molecule has 0 saturated heterocycles. The van der Waals surface area contributed by atoms with Gasteiger partial charge in [-0.15, -0.1) is 0 Å². The number of ether oxygens (including phenoxy) is 1. The summed E-state index contributed by atoms with van der Waals surface area (Å²) in [6, 6.07) is 0. The van der Waals surface area contributed by atoms with Gasteiger partial charge in [-0.05, 0) is 6.42 Å². The van der Waals surface area contributed by atoms with Crippen molar-refractivity contribution in [2.24, 2.45) is 0 Å². The molecule has 0 N–H and O–H groups in total. The Hall–Kier alpha value is -0.550. The second-order valence-corrected chi connectivity index (χ2v) is 1.31. The average Bonchev–Trinajstić information content (AvgIpc) is 1.72. The third-order valence-corrected chi connectivity index (χ3v) is 0.762. The number of allylic oxidation sites excluding steroid dienone is 1. The molecule has 1 heterocycles. The standard InChI is InChI=1S/C5H7O/c1-2-4-6-5-3-1/h2H,1,3,5H2/q+1. The van der Waals surface area contributed by atoms with Gasteiger partial charge in [0.05, 0.1) is 0 Å². The Kier molecular flexibility index (Phi) is 1.08. The third kappa shape index (κ3) is 0.697. The topological polar surface area (TPSA) is 9.23 Å². The van der Waals surface area contributed by atoms with Crippen molar-refractivity contribution >= 4 is 0 Å². The molecule has 1 heteroatoms. The summed E-state index contributed by atoms with van der Waals surface area (Å²) in [5, 5.41) is 0. The number of rotatable bonds is 0. The second-order valence-electron chi connectivity index (χ2n) is 1.31. The summed E-state index contributed by atoms with van der Waals surface area (Å²) in [7, 11) is 0. The summed E-state index contributed by atoms with van der Waals surface area (Å²) < 4.78 is 4.76. The highest BCUT2D eigenvalue weighted by molar-refractivity contribution is 4.70. The van der Waals surface area contributed by atoms with Crippen LogP contribution < -0.4 is 0 Å². The molecule has 0 amide bonds. The molecule has 1 aliphatic heterocycles. The molecule has 6 heavy (non-hydrogen) atoms. The van der Waals surface area contributed by atoms with Gasteiger partial charge < -0.3 is 0 Å². The lowest BCUT2D eigenvalue weighted by Crippen LogP contribution is -1.90. The van der Waals surface area contributed by atoms with Gasteiger partial charge in [0.25, 0.3) is 0 Å². The van der Waals surface area contributed by atoms with Crippen LogP contribution in [0.3, 0.4) is 0 Å². The van der Waals surface area contributed by atoms with E-state index in [9.17, 15) is 0 Å². The molecule has 0 aromatic heterocycles. The van der Waals surface area contributed by atoms with E-state index in [4.69, 9.17) is 4.74 Å². The molecular formula is C5H7O+. The van der Waals surface area contributed by atoms with Crippen LogP contribution in [0, 0.1) is 6.26 Å². The van der Waals surface area contributed by atoms with E-state index in [0.717, 1.165) is 19.4 Å². The second kappa shape index (κ2) is 1.78. The van der Waals surface area contributed by atoms with Gasteiger partial charge in [0.1, 0.15) is 0 Å². The normalized spacial score (nSPS) is 18.7. The molecule has 32 valence electrons. The summed E-state index contributed by atoms with van der Waals surface area (Å²) in [6.07, 6.45) is 6.88. The average molecular weight is 83.1 g/mol. The minimum atomic E-state index is 0.858. The van der Waals surface area contributed by atoms with Crippen LogP contribution in [-0.4, -0.2) is 6.61 Å². The van der Waals surface area contributed by atoms with E-state index in [1.165, 1.54) is 0 Å². The monoisotopic (exact) mass is 83.0 g/mol. The molecular weight excluding hydrogens is 76.1 g/mol. The zero-order chi connectivity index (χ0) is 4.24. The number of hydrogen-bond acceptors (Lipinski definition) is 1. The van der Waals surface area contributed by atoms with E-state index in [-0.39, 0.29) is 0 Å². The fourth-order valence-corrected chi connectivity index (χ4v) is 0.434. The van der Waals surface area contributed by atoms with Gasteiger partial charge in [-0.3, -0.25) is 4.74 Å². The molecule has 0 unspecified atom stereocenters. The lowest BCUT2D eigenvalue weighted by molar-refractivity contribution is 0.210. The molecule has 1 nitrogen and oxygen atoms in total. The molecule has 0 bridgehead atoms. The molecule has 0 atom stereocenters. The quantitative estimate of drug-likeness (QED) is 0.399. The van der Waals surface area contributed by atoms with Crippen molar-refractivity contribution in [1.29, 1.82) is 0 Å². The van der Waals surface area contributed by atoms with E-state index in [2.05, 4.69) is 6.26 Å². The number of hydrogen-bond donors (Lipinski definition) is 0. The molecule has 0 aliphatic carbocycles. The molecule has 0 saturated carbocycles. The van der Waals surface area contributed by atoms with Crippen LogP contribution in [0.5, 0.6) is 0 Å². The first-order chi connectivity index (χ1) is 3.00. The maximum Gasteiger partial charge on any atom is 0.480 e. The van der Waals surface area contributed by atoms with Crippen LogP contribution in [0.4, 0.5) is 0 Å². The van der Waals surface area contributed by atoms with Crippen LogP contribution in [0.25, 0.3) is 0 Å². The fourth-order valence-electron chi connectivity index (χ4n) is 0.434. The zero-order valence-corrected chi connectivity index (χ0v) is 3.61. The summed E-state index contributed by atoms with van der Waals surface area (Å²) in [6.45, 7) is 0.858. The Labute approximate surface area is 37.6 Å². The van der Waals surface area contributed by atoms with E-state index in [1.807, 2.05) is 6.08 Å². The smallest absolute Gasteiger partial charge is 0.268 e. The molecule has 0 radical (unpaired) electrons. The van der Waals surface area contributed by atoms with Gasteiger partial charge in [0.2, 0.25) is 6.08 Å². The van der Waals surface area contributed by atoms with Gasteiger partial charge in [-0.25, -0.2) is 0 Å². The third-order valence-electron chi connectivity index (χ3n) is 0.762. The Morgan fingerprint density at radius 1 is 1.67 bits per heavy atom. The predicted molar refractivity (Wildman–Crippen MR) is 23.0 cm³/mol. The highest BCUT2D eigenvalue weighted by atomic mass is 16.5. The zero-order valence-electron chi connectivity index (χ0n) is 3.61. The van der Waals surface area contributed by atoms with E-state index < -0.39 is 0 Å². The molecule has 0 spiro atoms. The largest absolute Gasteiger partial charge is 0.480 e. The first kappa shape index (κ1) is 3.63. The van der Waals surface area contributed by atoms with Gasteiger partial charge >= 0.3 is 6.26 Å². The van der Waals surface area contributed by atoms with Gasteiger partial charge in [-0.2, -0.15) is 0 Å². The predicted octanol–water partition coefficient (Wildman–Crippen LogP) is 1.11. The molecule has 1 aliphatic rings. The van der Waals surface area contributed by atoms with Crippen LogP contribution in [0.2, 0.25) is 0 Å². The first-order valence-corrected chi connectivity index (χ1v) is 2.19. The highest BCUT2D eigenvalue weighted by Gasteiger charge is 2.01. The van der Waals surface area contributed by atoms with E-state index in [0.29, 0.717) is 0 Å². The summed E-state index contributed by atoms with van der Waals surface area (Å²) in [4.78, 5) is 0. The summed E-state index contributed by atoms with van der Waals surface area (Å²) >= 11 is 0. The van der Waals surface area contributed by atoms with Crippen molar-refractivity contribution in [3.05, 3.63) is 12.3 Å². The maximum atomic E-state index is 4.76. The van der Waals surface area contributed by atoms with Crippen LogP contribution in [0.1, 0.15) is 12.8 Å². The minimum absolute atomic E-state index is 0.858. The van der Waals surface area contributed by atoms with Crippen LogP contribution >= 0.6 is 0 Å². The molecule has 0 fully saturated rings. The summed E-state index contributed by atoms with van der Waals surface area (Å²) in [5.74, 6) is 0. The van der Waals surface area contributed by atoms with Crippen molar-refractivity contribution in [1.82, 2.24) is 0 Å². The van der Waals surface area contributed by atoms with Crippen LogP contribution in [-0.2, 0) is 4.74 Å². The SMILES string of the molecule is [C+]1=CCCCO1. The van der Waals surface area contributed by atoms with Crippen molar-refractivity contribution < 1.29 is 4.74 Å². The van der Waals surface area contributed by atoms with Gasteiger partial charge in [0.15, 0.2) is 6.61 Å². The molecule has 0 aromatic carbocycles. The van der Waals surface area contributed by atoms with Crippen molar-refractivity contribution in [2.75, 3.05) is 6.61 Å². The highest BCUT2D eigenvalue weighted by Crippen LogP contribution is 1.97. The Bertz CT molecular complexity index is 49.0. The molecule has 1 rings (SSSR count). The lowest BCUT2D eigenvalue weighted by atomic mass is 10.3. The Morgan fingerprint density at radius 2 is 2.67 bits per heavy atom. The lowest BCUT2D eigenvalue weighted by Gasteiger charge is -1.86. The maximum absolute atomic E-state index is 4.76. The van der Waals surface area contributed by atoms with E-state index >= 15 is 0 Å². The van der Waals surface area contributed by atoms with E-state index in [1.54, 1.807) is 0 Å². The first-order valence-electron chi connectivity index (χ1n) is 2.19. The molecule has 0 aromatic rings. The van der Waals surface area contributed by atoms with Crippen molar-refractivity contribution in [3.8, 4) is 0 Å². The van der Waals surface area contributed by atoms with Gasteiger partial charge in [0, 0.05) is 6.42 Å². The summed E-state index contributed by atoms with van der Waals surface area (Å²) in [5.41, 5.74) is 0. The van der Waals surface area contributed by atoms with Gasteiger partial charge in [-0.1, -0.05) is 0 Å².